The minimum absolute atomic E-state index is 0.0870. The number of unbranched alkanes of at least 4 members (excludes halogenated alkanes) is 1. The van der Waals surface area contributed by atoms with Gasteiger partial charge in [-0.25, -0.2) is 0 Å². The summed E-state index contributed by atoms with van der Waals surface area (Å²) in [6.45, 7) is 8.71. The number of carbonyl (C=O) groups is 2. The molecule has 0 aromatic carbocycles. The molecule has 1 unspecified atom stereocenters. The van der Waals surface area contributed by atoms with Crippen molar-refractivity contribution in [1.29, 1.82) is 0 Å². The van der Waals surface area contributed by atoms with E-state index in [1.165, 1.54) is 0 Å². The SMILES string of the molecule is CC(=O)C1CCC(C(=O)OC(C)OCCCCOC(C)C)CC1. The number of carbonyl (C=O) groups excluding carboxylic acids is 2. The Labute approximate surface area is 140 Å². The van der Waals surface area contributed by atoms with E-state index < -0.39 is 6.29 Å². The maximum absolute atomic E-state index is 12.1. The lowest BCUT2D eigenvalue weighted by Crippen LogP contribution is -2.29. The van der Waals surface area contributed by atoms with Crippen molar-refractivity contribution >= 4 is 11.8 Å². The maximum atomic E-state index is 12.1. The summed E-state index contributed by atoms with van der Waals surface area (Å²) in [5, 5.41) is 0. The molecular weight excluding hydrogens is 296 g/mol. The first kappa shape index (κ1) is 20.1. The lowest BCUT2D eigenvalue weighted by Gasteiger charge is -2.26. The van der Waals surface area contributed by atoms with Crippen LogP contribution in [0, 0.1) is 11.8 Å². The van der Waals surface area contributed by atoms with Gasteiger partial charge >= 0.3 is 5.97 Å². The zero-order valence-corrected chi connectivity index (χ0v) is 15.0. The molecule has 0 N–H and O–H groups in total. The number of hydrogen-bond donors (Lipinski definition) is 0. The molecule has 0 amide bonds. The molecule has 0 aromatic rings. The predicted molar refractivity (Wildman–Crippen MR) is 88.0 cm³/mol. The van der Waals surface area contributed by atoms with Crippen LogP contribution in [0.2, 0.25) is 0 Å². The summed E-state index contributed by atoms with van der Waals surface area (Å²) in [5.41, 5.74) is 0. The number of esters is 1. The summed E-state index contributed by atoms with van der Waals surface area (Å²) in [6, 6.07) is 0. The Morgan fingerprint density at radius 2 is 1.43 bits per heavy atom. The Hall–Kier alpha value is -0.940. The molecule has 0 aromatic heterocycles. The van der Waals surface area contributed by atoms with Crippen LogP contribution in [0.4, 0.5) is 0 Å². The van der Waals surface area contributed by atoms with Gasteiger partial charge in [-0.1, -0.05) is 0 Å². The van der Waals surface area contributed by atoms with Crippen molar-refractivity contribution < 1.29 is 23.8 Å². The molecule has 1 atom stereocenters. The van der Waals surface area contributed by atoms with Crippen LogP contribution in [-0.4, -0.2) is 37.4 Å². The average Bonchev–Trinajstić information content (AvgIpc) is 2.50. The van der Waals surface area contributed by atoms with Crippen LogP contribution in [0.25, 0.3) is 0 Å². The molecule has 1 fully saturated rings. The third-order valence-corrected chi connectivity index (χ3v) is 4.26. The molecule has 1 aliphatic carbocycles. The number of hydrogen-bond acceptors (Lipinski definition) is 5. The van der Waals surface area contributed by atoms with E-state index in [9.17, 15) is 9.59 Å². The van der Waals surface area contributed by atoms with E-state index in [1.54, 1.807) is 13.8 Å². The van der Waals surface area contributed by atoms with Gasteiger partial charge in [0.15, 0.2) is 6.29 Å². The number of ketones is 1. The van der Waals surface area contributed by atoms with E-state index in [2.05, 4.69) is 0 Å². The fraction of sp³-hybridized carbons (Fsp3) is 0.889. The zero-order chi connectivity index (χ0) is 17.2. The summed E-state index contributed by atoms with van der Waals surface area (Å²) >= 11 is 0. The number of Topliss-reactive ketones (excluding diaryl/α,β-unsaturated/α-hetero) is 1. The van der Waals surface area contributed by atoms with Gasteiger partial charge in [-0.3, -0.25) is 9.59 Å². The fourth-order valence-corrected chi connectivity index (χ4v) is 2.80. The van der Waals surface area contributed by atoms with Crippen LogP contribution in [0.3, 0.4) is 0 Å². The third kappa shape index (κ3) is 8.47. The Morgan fingerprint density at radius 1 is 0.913 bits per heavy atom. The Morgan fingerprint density at radius 3 is 1.96 bits per heavy atom. The lowest BCUT2D eigenvalue weighted by atomic mass is 9.80. The van der Waals surface area contributed by atoms with Crippen LogP contribution < -0.4 is 0 Å². The van der Waals surface area contributed by atoms with E-state index in [-0.39, 0.29) is 29.7 Å². The highest BCUT2D eigenvalue weighted by Crippen LogP contribution is 2.30. The average molecular weight is 328 g/mol. The van der Waals surface area contributed by atoms with Gasteiger partial charge in [0.25, 0.3) is 0 Å². The van der Waals surface area contributed by atoms with Gasteiger partial charge in [0.05, 0.1) is 18.6 Å². The van der Waals surface area contributed by atoms with Crippen molar-refractivity contribution in [3.05, 3.63) is 0 Å². The molecule has 134 valence electrons. The van der Waals surface area contributed by atoms with E-state index >= 15 is 0 Å². The lowest BCUT2D eigenvalue weighted by molar-refractivity contribution is -0.181. The molecule has 5 heteroatoms. The minimum atomic E-state index is -0.515. The maximum Gasteiger partial charge on any atom is 0.311 e. The van der Waals surface area contributed by atoms with E-state index in [1.807, 2.05) is 13.8 Å². The molecule has 0 radical (unpaired) electrons. The van der Waals surface area contributed by atoms with Gasteiger partial charge in [-0.05, 0) is 66.2 Å². The van der Waals surface area contributed by atoms with E-state index in [0.29, 0.717) is 6.61 Å². The third-order valence-electron chi connectivity index (χ3n) is 4.26. The van der Waals surface area contributed by atoms with Crippen LogP contribution in [0.5, 0.6) is 0 Å². The van der Waals surface area contributed by atoms with Gasteiger partial charge in [-0.15, -0.1) is 0 Å². The van der Waals surface area contributed by atoms with Crippen molar-refractivity contribution in [2.75, 3.05) is 13.2 Å². The van der Waals surface area contributed by atoms with E-state index in [0.717, 1.165) is 45.1 Å². The molecule has 0 aliphatic heterocycles. The molecule has 0 spiro atoms. The summed E-state index contributed by atoms with van der Waals surface area (Å²) in [5.74, 6) is 0.0782. The standard InChI is InChI=1S/C18H32O5/c1-13(2)21-11-5-6-12-22-15(4)23-18(20)17-9-7-16(8-10-17)14(3)19/h13,15-17H,5-12H2,1-4H3. The normalized spacial score (nSPS) is 22.8. The first-order chi connectivity index (χ1) is 10.9. The largest absolute Gasteiger partial charge is 0.436 e. The Balaban J connectivity index is 2.11. The fourth-order valence-electron chi connectivity index (χ4n) is 2.80. The van der Waals surface area contributed by atoms with Crippen molar-refractivity contribution in [1.82, 2.24) is 0 Å². The molecule has 0 saturated heterocycles. The molecule has 23 heavy (non-hydrogen) atoms. The van der Waals surface area contributed by atoms with Crippen molar-refractivity contribution in [2.24, 2.45) is 11.8 Å². The molecule has 0 heterocycles. The monoisotopic (exact) mass is 328 g/mol. The minimum Gasteiger partial charge on any atom is -0.436 e. The number of ether oxygens (including phenoxy) is 3. The van der Waals surface area contributed by atoms with Gasteiger partial charge in [0.1, 0.15) is 5.78 Å². The molecular formula is C18H32O5. The quantitative estimate of drug-likeness (QED) is 0.349. The van der Waals surface area contributed by atoms with Crippen LogP contribution >= 0.6 is 0 Å². The predicted octanol–water partition coefficient (Wildman–Crippen LogP) is 3.49. The number of rotatable bonds is 10. The Kier molecular flexibility index (Phi) is 9.41. The molecule has 1 saturated carbocycles. The van der Waals surface area contributed by atoms with Gasteiger partial charge in [-0.2, -0.15) is 0 Å². The van der Waals surface area contributed by atoms with Gasteiger partial charge in [0, 0.05) is 12.5 Å². The molecule has 1 rings (SSSR count). The topological polar surface area (TPSA) is 61.8 Å². The summed E-state index contributed by atoms with van der Waals surface area (Å²) < 4.78 is 16.3. The second-order valence-corrected chi connectivity index (χ2v) is 6.66. The van der Waals surface area contributed by atoms with E-state index in [4.69, 9.17) is 14.2 Å². The smallest absolute Gasteiger partial charge is 0.311 e. The van der Waals surface area contributed by atoms with Gasteiger partial charge < -0.3 is 14.2 Å². The van der Waals surface area contributed by atoms with Crippen molar-refractivity contribution in [2.45, 2.75) is 78.6 Å². The summed E-state index contributed by atoms with van der Waals surface area (Å²) in [6.07, 6.45) is 4.63. The molecule has 5 nitrogen and oxygen atoms in total. The highest BCUT2D eigenvalue weighted by atomic mass is 16.7. The van der Waals surface area contributed by atoms with Gasteiger partial charge in [0.2, 0.25) is 0 Å². The van der Waals surface area contributed by atoms with Crippen LogP contribution in [0.15, 0.2) is 0 Å². The Bertz CT molecular complexity index is 358. The summed E-state index contributed by atoms with van der Waals surface area (Å²) in [7, 11) is 0. The molecule has 0 bridgehead atoms. The highest BCUT2D eigenvalue weighted by molar-refractivity contribution is 5.79. The zero-order valence-electron chi connectivity index (χ0n) is 15.0. The second-order valence-electron chi connectivity index (χ2n) is 6.66. The van der Waals surface area contributed by atoms with Crippen LogP contribution in [0.1, 0.15) is 66.2 Å². The van der Waals surface area contributed by atoms with Crippen molar-refractivity contribution in [3.8, 4) is 0 Å². The van der Waals surface area contributed by atoms with Crippen molar-refractivity contribution in [3.63, 3.8) is 0 Å². The molecule has 1 aliphatic rings. The first-order valence-electron chi connectivity index (χ1n) is 8.84. The second kappa shape index (κ2) is 10.8. The van der Waals surface area contributed by atoms with Crippen LogP contribution in [-0.2, 0) is 23.8 Å². The highest BCUT2D eigenvalue weighted by Gasteiger charge is 2.30. The first-order valence-corrected chi connectivity index (χ1v) is 8.84. The summed E-state index contributed by atoms with van der Waals surface area (Å²) in [4.78, 5) is 23.4.